The molecule has 0 bridgehead atoms. The molecule has 0 spiro atoms. The fraction of sp³-hybridized carbons (Fsp3) is 0.200. The van der Waals surface area contributed by atoms with Crippen molar-refractivity contribution in [2.45, 2.75) is 18.8 Å². The predicted octanol–water partition coefficient (Wildman–Crippen LogP) is 3.82. The number of thiazole rings is 1. The van der Waals surface area contributed by atoms with Crippen molar-refractivity contribution in [3.8, 4) is 5.75 Å². The third-order valence-corrected chi connectivity index (χ3v) is 5.42. The Morgan fingerprint density at radius 2 is 1.92 bits per heavy atom. The molecule has 26 heavy (non-hydrogen) atoms. The molecule has 0 unspecified atom stereocenters. The summed E-state index contributed by atoms with van der Waals surface area (Å²) < 4.78 is 5.84. The van der Waals surface area contributed by atoms with E-state index in [0.717, 1.165) is 22.6 Å². The molecule has 1 atom stereocenters. The van der Waals surface area contributed by atoms with Crippen LogP contribution in [-0.2, 0) is 11.2 Å². The van der Waals surface area contributed by atoms with Gasteiger partial charge in [-0.25, -0.2) is 4.98 Å². The number of carbonyl (C=O) groups is 1. The van der Waals surface area contributed by atoms with E-state index in [1.54, 1.807) is 0 Å². The lowest BCUT2D eigenvalue weighted by atomic mass is 9.91. The Labute approximate surface area is 155 Å². The fourth-order valence-corrected chi connectivity index (χ4v) is 4.05. The molecule has 6 heteroatoms. The Kier molecular flexibility index (Phi) is 4.58. The molecule has 1 aliphatic heterocycles. The van der Waals surface area contributed by atoms with Gasteiger partial charge < -0.3 is 15.8 Å². The maximum absolute atomic E-state index is 11.9. The first-order chi connectivity index (χ1) is 12.7. The molecule has 0 saturated carbocycles. The van der Waals surface area contributed by atoms with Crippen molar-refractivity contribution in [3.05, 3.63) is 70.6 Å². The first kappa shape index (κ1) is 16.6. The molecule has 132 valence electrons. The van der Waals surface area contributed by atoms with Gasteiger partial charge >= 0.3 is 0 Å². The Morgan fingerprint density at radius 3 is 2.69 bits per heavy atom. The molecule has 5 nitrogen and oxygen atoms in total. The highest BCUT2D eigenvalue weighted by Gasteiger charge is 2.29. The van der Waals surface area contributed by atoms with E-state index < -0.39 is 0 Å². The van der Waals surface area contributed by atoms with E-state index in [0.29, 0.717) is 24.0 Å². The van der Waals surface area contributed by atoms with Crippen LogP contribution in [0.4, 0.5) is 10.9 Å². The number of anilines is 2. The number of nitrogen functional groups attached to an aromatic ring is 1. The van der Waals surface area contributed by atoms with Crippen molar-refractivity contribution >= 4 is 28.2 Å². The lowest BCUT2D eigenvalue weighted by Crippen LogP contribution is -2.22. The zero-order valence-electron chi connectivity index (χ0n) is 14.1. The summed E-state index contributed by atoms with van der Waals surface area (Å²) in [5.74, 6) is 1.38. The van der Waals surface area contributed by atoms with Gasteiger partial charge in [-0.15, -0.1) is 0 Å². The van der Waals surface area contributed by atoms with Gasteiger partial charge in [-0.2, -0.15) is 0 Å². The van der Waals surface area contributed by atoms with Crippen molar-refractivity contribution in [2.24, 2.45) is 0 Å². The van der Waals surface area contributed by atoms with Crippen LogP contribution in [-0.4, -0.2) is 17.5 Å². The summed E-state index contributed by atoms with van der Waals surface area (Å²) in [6, 6.07) is 18.2. The van der Waals surface area contributed by atoms with E-state index in [4.69, 9.17) is 10.5 Å². The van der Waals surface area contributed by atoms with E-state index in [1.165, 1.54) is 16.9 Å². The second-order valence-corrected chi connectivity index (χ2v) is 7.29. The molecule has 0 saturated heterocycles. The van der Waals surface area contributed by atoms with Crippen LogP contribution in [0.1, 0.15) is 28.3 Å². The second kappa shape index (κ2) is 7.17. The number of nitrogens with zero attached hydrogens (tertiary/aromatic N) is 1. The summed E-state index contributed by atoms with van der Waals surface area (Å²) in [7, 11) is 0. The third-order valence-electron chi connectivity index (χ3n) is 4.42. The van der Waals surface area contributed by atoms with Gasteiger partial charge in [0.1, 0.15) is 11.6 Å². The minimum atomic E-state index is -0.0315. The Hall–Kier alpha value is -2.86. The Bertz CT molecular complexity index is 907. The summed E-state index contributed by atoms with van der Waals surface area (Å²) in [5.41, 5.74) is 8.13. The number of amides is 1. The van der Waals surface area contributed by atoms with Crippen molar-refractivity contribution in [1.82, 2.24) is 4.98 Å². The topological polar surface area (TPSA) is 77.2 Å². The van der Waals surface area contributed by atoms with Crippen molar-refractivity contribution < 1.29 is 9.53 Å². The molecule has 0 fully saturated rings. The summed E-state index contributed by atoms with van der Waals surface area (Å²) in [5, 5.41) is 3.27. The average Bonchev–Trinajstić information content (AvgIpc) is 3.02. The fourth-order valence-electron chi connectivity index (χ4n) is 3.13. The number of carbonyl (C=O) groups excluding carboxylic acids is 1. The molecule has 3 N–H and O–H groups in total. The summed E-state index contributed by atoms with van der Waals surface area (Å²) >= 11 is 1.43. The number of hydrogen-bond donors (Lipinski definition) is 2. The highest BCUT2D eigenvalue weighted by atomic mass is 32.1. The van der Waals surface area contributed by atoms with E-state index in [1.807, 2.05) is 42.5 Å². The summed E-state index contributed by atoms with van der Waals surface area (Å²) in [6.07, 6.45) is 1.28. The lowest BCUT2D eigenvalue weighted by Gasteiger charge is -2.21. The van der Waals surface area contributed by atoms with Gasteiger partial charge in [0, 0.05) is 18.8 Å². The highest BCUT2D eigenvalue weighted by molar-refractivity contribution is 7.16. The molecule has 1 aromatic heterocycles. The highest BCUT2D eigenvalue weighted by Crippen LogP contribution is 2.41. The van der Waals surface area contributed by atoms with Gasteiger partial charge in [-0.3, -0.25) is 4.79 Å². The van der Waals surface area contributed by atoms with Crippen LogP contribution in [0, 0.1) is 0 Å². The molecule has 1 aliphatic rings. The number of ether oxygens (including phenoxy) is 1. The molecule has 0 aliphatic carbocycles. The largest absolute Gasteiger partial charge is 0.493 e. The van der Waals surface area contributed by atoms with Crippen LogP contribution < -0.4 is 15.8 Å². The summed E-state index contributed by atoms with van der Waals surface area (Å²) in [4.78, 5) is 17.2. The van der Waals surface area contributed by atoms with Crippen molar-refractivity contribution in [2.75, 3.05) is 17.7 Å². The number of hydrogen-bond acceptors (Lipinski definition) is 5. The van der Waals surface area contributed by atoms with Crippen LogP contribution in [0.5, 0.6) is 5.75 Å². The van der Waals surface area contributed by atoms with Gasteiger partial charge in [0.25, 0.3) is 0 Å². The van der Waals surface area contributed by atoms with Crippen LogP contribution >= 0.6 is 11.3 Å². The average molecular weight is 365 g/mol. The molecule has 3 aromatic rings. The molecule has 2 aromatic carbocycles. The van der Waals surface area contributed by atoms with Crippen LogP contribution in [0.3, 0.4) is 0 Å². The van der Waals surface area contributed by atoms with Crippen molar-refractivity contribution in [3.63, 3.8) is 0 Å². The Morgan fingerprint density at radius 1 is 1.15 bits per heavy atom. The lowest BCUT2D eigenvalue weighted by molar-refractivity contribution is -0.116. The maximum atomic E-state index is 11.9. The smallest absolute Gasteiger partial charge is 0.226 e. The molecular weight excluding hydrogens is 346 g/mol. The van der Waals surface area contributed by atoms with Crippen LogP contribution in [0.25, 0.3) is 0 Å². The SMILES string of the molecule is Nc1nc2c(s1)[C@H](c1ccc(OCCc3ccccc3)cc1)CC(=O)N2. The van der Waals surface area contributed by atoms with Gasteiger partial charge in [0.2, 0.25) is 5.91 Å². The van der Waals surface area contributed by atoms with E-state index in [9.17, 15) is 4.79 Å². The first-order valence-electron chi connectivity index (χ1n) is 8.52. The Balaban J connectivity index is 1.44. The molecule has 0 radical (unpaired) electrons. The number of fused-ring (bicyclic) bond motifs is 1. The molecule has 1 amide bonds. The normalized spacial score (nSPS) is 16.0. The number of nitrogens with one attached hydrogen (secondary N) is 1. The van der Waals surface area contributed by atoms with E-state index in [-0.39, 0.29) is 11.8 Å². The van der Waals surface area contributed by atoms with Gasteiger partial charge in [0.15, 0.2) is 5.13 Å². The molecule has 4 rings (SSSR count). The maximum Gasteiger partial charge on any atom is 0.226 e. The number of nitrogens with two attached hydrogens (primary N) is 1. The first-order valence-corrected chi connectivity index (χ1v) is 9.33. The third kappa shape index (κ3) is 3.55. The van der Waals surface area contributed by atoms with Crippen LogP contribution in [0.15, 0.2) is 54.6 Å². The zero-order chi connectivity index (χ0) is 17.9. The van der Waals surface area contributed by atoms with Gasteiger partial charge in [-0.05, 0) is 23.3 Å². The molecular formula is C20H19N3O2S. The number of aromatic nitrogens is 1. The minimum absolute atomic E-state index is 0.00748. The minimum Gasteiger partial charge on any atom is -0.493 e. The van der Waals surface area contributed by atoms with Gasteiger partial charge in [0.05, 0.1) is 11.5 Å². The second-order valence-electron chi connectivity index (χ2n) is 6.22. The zero-order valence-corrected chi connectivity index (χ0v) is 15.0. The monoisotopic (exact) mass is 365 g/mol. The van der Waals surface area contributed by atoms with E-state index >= 15 is 0 Å². The number of benzene rings is 2. The standard InChI is InChI=1S/C20H19N3O2S/c21-20-23-19-18(26-20)16(12-17(24)22-19)14-6-8-15(9-7-14)25-11-10-13-4-2-1-3-5-13/h1-9,16H,10-12H2,(H2,21,23)(H,22,24)/t16-/m0/s1. The number of rotatable bonds is 5. The molecule has 2 heterocycles. The van der Waals surface area contributed by atoms with Crippen molar-refractivity contribution in [1.29, 1.82) is 0 Å². The quantitative estimate of drug-likeness (QED) is 0.720. The summed E-state index contributed by atoms with van der Waals surface area (Å²) in [6.45, 7) is 0.630. The van der Waals surface area contributed by atoms with E-state index in [2.05, 4.69) is 22.4 Å². The van der Waals surface area contributed by atoms with Gasteiger partial charge in [-0.1, -0.05) is 53.8 Å². The predicted molar refractivity (Wildman–Crippen MR) is 104 cm³/mol. The van der Waals surface area contributed by atoms with Crippen LogP contribution in [0.2, 0.25) is 0 Å².